The van der Waals surface area contributed by atoms with Crippen LogP contribution < -0.4 is 4.90 Å². The number of rotatable bonds is 4. The molecule has 3 aromatic heterocycles. The van der Waals surface area contributed by atoms with Crippen LogP contribution in [0.15, 0.2) is 36.8 Å². The third-order valence-electron chi connectivity index (χ3n) is 6.61. The number of hydrogen-bond acceptors (Lipinski definition) is 6. The lowest BCUT2D eigenvalue weighted by atomic mass is 9.89. The van der Waals surface area contributed by atoms with Gasteiger partial charge in [-0.05, 0) is 44.7 Å². The molecule has 1 aliphatic heterocycles. The molecule has 1 fully saturated rings. The number of anilines is 1. The zero-order valence-corrected chi connectivity index (χ0v) is 18.3. The lowest BCUT2D eigenvalue weighted by Crippen LogP contribution is -2.46. The molecule has 33 heavy (non-hydrogen) atoms. The van der Waals surface area contributed by atoms with E-state index in [0.29, 0.717) is 12.0 Å². The summed E-state index contributed by atoms with van der Waals surface area (Å²) in [5, 5.41) is 8.78. The molecule has 0 unspecified atom stereocenters. The maximum absolute atomic E-state index is 14.5. The average molecular weight is 448 g/mol. The van der Waals surface area contributed by atoms with E-state index in [1.54, 1.807) is 17.0 Å². The van der Waals surface area contributed by atoms with Crippen LogP contribution in [-0.4, -0.2) is 40.3 Å². The van der Waals surface area contributed by atoms with Crippen molar-refractivity contribution in [2.45, 2.75) is 51.6 Å². The summed E-state index contributed by atoms with van der Waals surface area (Å²) in [5.74, 6) is 1.19. The standard InChI is InChI=1S/C23H22F2N8/c1-3-17-22-30-29-13(2)32(22)18-12-27-23(28-21(18)33(17)14-6-4-7-14)31-11-10-26-20(31)15-8-5-9-16(24)19(15)25/h5,8-12,14,17H,3-4,6-7H2,1-2H3/t17-/m1/s1. The Hall–Kier alpha value is -3.69. The second kappa shape index (κ2) is 7.43. The summed E-state index contributed by atoms with van der Waals surface area (Å²) in [6.07, 6.45) is 9.16. The van der Waals surface area contributed by atoms with E-state index in [9.17, 15) is 8.78 Å². The average Bonchev–Trinajstić information content (AvgIpc) is 3.42. The first-order chi connectivity index (χ1) is 16.1. The summed E-state index contributed by atoms with van der Waals surface area (Å²) < 4.78 is 32.0. The Morgan fingerprint density at radius 2 is 1.97 bits per heavy atom. The first kappa shape index (κ1) is 20.0. The first-order valence-electron chi connectivity index (χ1n) is 11.1. The van der Waals surface area contributed by atoms with Crippen LogP contribution in [0.5, 0.6) is 0 Å². The van der Waals surface area contributed by atoms with Crippen molar-refractivity contribution in [1.82, 2.24) is 34.3 Å². The molecule has 4 heterocycles. The van der Waals surface area contributed by atoms with Gasteiger partial charge in [0.2, 0.25) is 5.95 Å². The summed E-state index contributed by atoms with van der Waals surface area (Å²) >= 11 is 0. The molecule has 0 amide bonds. The van der Waals surface area contributed by atoms with Crippen LogP contribution in [0.25, 0.3) is 23.0 Å². The van der Waals surface area contributed by atoms with Crippen LogP contribution in [0.1, 0.15) is 50.3 Å². The summed E-state index contributed by atoms with van der Waals surface area (Å²) in [4.78, 5) is 16.1. The van der Waals surface area contributed by atoms with Gasteiger partial charge in [-0.1, -0.05) is 13.0 Å². The number of fused-ring (bicyclic) bond motifs is 3. The van der Waals surface area contributed by atoms with Gasteiger partial charge in [0.05, 0.1) is 17.8 Å². The van der Waals surface area contributed by atoms with Gasteiger partial charge in [-0.3, -0.25) is 9.13 Å². The topological polar surface area (TPSA) is 77.5 Å². The van der Waals surface area contributed by atoms with E-state index in [-0.39, 0.29) is 17.4 Å². The van der Waals surface area contributed by atoms with Crippen molar-refractivity contribution in [3.8, 4) is 23.0 Å². The molecular formula is C23H22F2N8. The second-order valence-electron chi connectivity index (χ2n) is 8.46. The summed E-state index contributed by atoms with van der Waals surface area (Å²) in [7, 11) is 0. The van der Waals surface area contributed by atoms with E-state index in [1.807, 2.05) is 11.5 Å². The number of imidazole rings is 1. The van der Waals surface area contributed by atoms with Crippen molar-refractivity contribution in [3.63, 3.8) is 0 Å². The molecule has 168 valence electrons. The maximum atomic E-state index is 14.5. The van der Waals surface area contributed by atoms with E-state index in [2.05, 4.69) is 32.0 Å². The van der Waals surface area contributed by atoms with E-state index in [1.165, 1.54) is 24.8 Å². The number of nitrogens with zero attached hydrogens (tertiary/aromatic N) is 8. The molecule has 0 saturated heterocycles. The third-order valence-corrected chi connectivity index (χ3v) is 6.61. The van der Waals surface area contributed by atoms with Gasteiger partial charge in [-0.25, -0.2) is 18.7 Å². The predicted molar refractivity (Wildman–Crippen MR) is 117 cm³/mol. The highest BCUT2D eigenvalue weighted by molar-refractivity contribution is 5.64. The Labute approximate surface area is 189 Å². The van der Waals surface area contributed by atoms with Crippen molar-refractivity contribution in [1.29, 1.82) is 0 Å². The van der Waals surface area contributed by atoms with Gasteiger partial charge in [0.1, 0.15) is 17.3 Å². The minimum absolute atomic E-state index is 0.0506. The number of benzene rings is 1. The number of hydrogen-bond donors (Lipinski definition) is 0. The number of halogens is 2. The monoisotopic (exact) mass is 448 g/mol. The Morgan fingerprint density at radius 1 is 1.12 bits per heavy atom. The van der Waals surface area contributed by atoms with Crippen molar-refractivity contribution in [3.05, 3.63) is 60.1 Å². The van der Waals surface area contributed by atoms with Gasteiger partial charge < -0.3 is 4.90 Å². The van der Waals surface area contributed by atoms with Gasteiger partial charge in [0.15, 0.2) is 23.3 Å². The van der Waals surface area contributed by atoms with E-state index in [4.69, 9.17) is 4.98 Å². The van der Waals surface area contributed by atoms with Crippen molar-refractivity contribution >= 4 is 5.82 Å². The molecule has 8 nitrogen and oxygen atoms in total. The smallest absolute Gasteiger partial charge is 0.237 e. The molecule has 0 bridgehead atoms. The molecule has 1 aromatic carbocycles. The molecule has 1 aliphatic carbocycles. The molecule has 10 heteroatoms. The zero-order valence-electron chi connectivity index (χ0n) is 18.3. The predicted octanol–water partition coefficient (Wildman–Crippen LogP) is 4.32. The first-order valence-corrected chi connectivity index (χ1v) is 11.1. The van der Waals surface area contributed by atoms with Crippen molar-refractivity contribution < 1.29 is 8.78 Å². The van der Waals surface area contributed by atoms with Gasteiger partial charge in [0, 0.05) is 18.4 Å². The minimum atomic E-state index is -0.949. The zero-order chi connectivity index (χ0) is 22.7. The quantitative estimate of drug-likeness (QED) is 0.463. The maximum Gasteiger partial charge on any atom is 0.237 e. The number of aromatic nitrogens is 7. The Kier molecular flexibility index (Phi) is 4.49. The molecular weight excluding hydrogens is 426 g/mol. The summed E-state index contributed by atoms with van der Waals surface area (Å²) in [6, 6.07) is 4.46. The van der Waals surface area contributed by atoms with Crippen molar-refractivity contribution in [2.75, 3.05) is 4.90 Å². The van der Waals surface area contributed by atoms with Gasteiger partial charge in [-0.2, -0.15) is 4.98 Å². The molecule has 1 atom stereocenters. The SMILES string of the molecule is CC[C@@H]1c2nnc(C)n2-c2cnc(-n3ccnc3-c3cccc(F)c3F)nc2N1C1CCC1. The van der Waals surface area contributed by atoms with Crippen LogP contribution in [0.3, 0.4) is 0 Å². The highest BCUT2D eigenvalue weighted by Crippen LogP contribution is 2.44. The number of aryl methyl sites for hydroxylation is 1. The van der Waals surface area contributed by atoms with E-state index in [0.717, 1.165) is 48.5 Å². The summed E-state index contributed by atoms with van der Waals surface area (Å²) in [6.45, 7) is 4.05. The van der Waals surface area contributed by atoms with Gasteiger partial charge >= 0.3 is 0 Å². The molecule has 0 spiro atoms. The molecule has 6 rings (SSSR count). The normalized spacial score (nSPS) is 17.6. The van der Waals surface area contributed by atoms with Crippen LogP contribution in [0.2, 0.25) is 0 Å². The molecule has 0 radical (unpaired) electrons. The Morgan fingerprint density at radius 3 is 2.73 bits per heavy atom. The highest BCUT2D eigenvalue weighted by atomic mass is 19.2. The largest absolute Gasteiger partial charge is 0.341 e. The fourth-order valence-electron chi connectivity index (χ4n) is 4.80. The van der Waals surface area contributed by atoms with E-state index < -0.39 is 11.6 Å². The molecule has 0 N–H and O–H groups in total. The lowest BCUT2D eigenvalue weighted by molar-refractivity contribution is 0.341. The van der Waals surface area contributed by atoms with Crippen LogP contribution >= 0.6 is 0 Å². The van der Waals surface area contributed by atoms with Crippen LogP contribution in [-0.2, 0) is 0 Å². The van der Waals surface area contributed by atoms with E-state index >= 15 is 0 Å². The molecule has 2 aliphatic rings. The summed E-state index contributed by atoms with van der Waals surface area (Å²) in [5.41, 5.74) is 0.881. The van der Waals surface area contributed by atoms with Gasteiger partial charge in [0.25, 0.3) is 0 Å². The second-order valence-corrected chi connectivity index (χ2v) is 8.46. The fourth-order valence-corrected chi connectivity index (χ4v) is 4.80. The van der Waals surface area contributed by atoms with Crippen LogP contribution in [0.4, 0.5) is 14.6 Å². The van der Waals surface area contributed by atoms with Crippen molar-refractivity contribution in [2.24, 2.45) is 0 Å². The lowest BCUT2D eigenvalue weighted by Gasteiger charge is -2.45. The highest BCUT2D eigenvalue weighted by Gasteiger charge is 2.40. The Bertz CT molecular complexity index is 1360. The molecule has 4 aromatic rings. The van der Waals surface area contributed by atoms with Gasteiger partial charge in [-0.15, -0.1) is 10.2 Å². The minimum Gasteiger partial charge on any atom is -0.341 e. The molecule has 1 saturated carbocycles. The Balaban J connectivity index is 1.53. The van der Waals surface area contributed by atoms with Crippen LogP contribution in [0, 0.1) is 18.6 Å². The third kappa shape index (κ3) is 2.89. The fraction of sp³-hybridized carbons (Fsp3) is 0.348.